The van der Waals surface area contributed by atoms with E-state index in [1.165, 1.54) is 12.4 Å². The van der Waals surface area contributed by atoms with E-state index < -0.39 is 5.97 Å². The van der Waals surface area contributed by atoms with Crippen LogP contribution in [0, 0.1) is 0 Å². The zero-order valence-electron chi connectivity index (χ0n) is 10.1. The predicted molar refractivity (Wildman–Crippen MR) is 68.7 cm³/mol. The van der Waals surface area contributed by atoms with Gasteiger partial charge < -0.3 is 15.5 Å². The fourth-order valence-electron chi connectivity index (χ4n) is 1.48. The molecular weight excluding hydrogens is 246 g/mol. The molecular formula is C13H13N3O3. The first-order valence-corrected chi connectivity index (χ1v) is 5.67. The van der Waals surface area contributed by atoms with Crippen LogP contribution in [0.4, 0.5) is 5.82 Å². The number of anilines is 1. The highest BCUT2D eigenvalue weighted by Crippen LogP contribution is 2.07. The molecule has 0 spiro atoms. The third-order valence-electron chi connectivity index (χ3n) is 2.55. The van der Waals surface area contributed by atoms with Gasteiger partial charge in [0.2, 0.25) is 0 Å². The van der Waals surface area contributed by atoms with Crippen LogP contribution < -0.4 is 5.32 Å². The summed E-state index contributed by atoms with van der Waals surface area (Å²) in [6.07, 6.45) is 2.59. The Morgan fingerprint density at radius 2 is 1.79 bits per heavy atom. The van der Waals surface area contributed by atoms with Gasteiger partial charge in [-0.05, 0) is 11.1 Å². The summed E-state index contributed by atoms with van der Waals surface area (Å²) in [5, 5.41) is 20.7. The molecule has 0 aliphatic carbocycles. The molecule has 0 unspecified atom stereocenters. The van der Waals surface area contributed by atoms with Crippen molar-refractivity contribution in [2.75, 3.05) is 5.32 Å². The Morgan fingerprint density at radius 3 is 2.32 bits per heavy atom. The SMILES string of the molecule is O=C(O)c1cnc(NCc2ccc(CO)cc2)cn1. The standard InChI is InChI=1S/C13H13N3O3/c17-8-10-3-1-9(2-4-10)5-15-12-7-14-11(6-16-12)13(18)19/h1-4,6-7,17H,5,8H2,(H,15,16)(H,18,19). The van der Waals surface area contributed by atoms with E-state index in [0.29, 0.717) is 12.4 Å². The largest absolute Gasteiger partial charge is 0.476 e. The summed E-state index contributed by atoms with van der Waals surface area (Å²) in [4.78, 5) is 18.3. The quantitative estimate of drug-likeness (QED) is 0.748. The fraction of sp³-hybridized carbons (Fsp3) is 0.154. The minimum atomic E-state index is -1.10. The molecule has 1 aromatic heterocycles. The van der Waals surface area contributed by atoms with Crippen LogP contribution in [0.3, 0.4) is 0 Å². The lowest BCUT2D eigenvalue weighted by Crippen LogP contribution is -2.05. The summed E-state index contributed by atoms with van der Waals surface area (Å²) >= 11 is 0. The predicted octanol–water partition coefficient (Wildman–Crippen LogP) is 1.28. The third kappa shape index (κ3) is 3.49. The molecule has 0 saturated carbocycles. The highest BCUT2D eigenvalue weighted by atomic mass is 16.4. The molecule has 19 heavy (non-hydrogen) atoms. The molecule has 6 nitrogen and oxygen atoms in total. The maximum atomic E-state index is 10.6. The molecule has 3 N–H and O–H groups in total. The summed E-state index contributed by atoms with van der Waals surface area (Å²) in [7, 11) is 0. The molecule has 0 radical (unpaired) electrons. The Hall–Kier alpha value is -2.47. The van der Waals surface area contributed by atoms with E-state index >= 15 is 0 Å². The normalized spacial score (nSPS) is 10.2. The second kappa shape index (κ2) is 5.92. The molecule has 1 aromatic carbocycles. The maximum Gasteiger partial charge on any atom is 0.356 e. The first kappa shape index (κ1) is 13.0. The van der Waals surface area contributed by atoms with Crippen LogP contribution in [-0.4, -0.2) is 26.2 Å². The van der Waals surface area contributed by atoms with Crippen LogP contribution in [-0.2, 0) is 13.2 Å². The smallest absolute Gasteiger partial charge is 0.356 e. The van der Waals surface area contributed by atoms with Gasteiger partial charge in [-0.1, -0.05) is 24.3 Å². The van der Waals surface area contributed by atoms with E-state index in [1.54, 1.807) is 0 Å². The molecule has 2 aromatic rings. The lowest BCUT2D eigenvalue weighted by atomic mass is 10.1. The van der Waals surface area contributed by atoms with Gasteiger partial charge >= 0.3 is 5.97 Å². The van der Waals surface area contributed by atoms with Crippen molar-refractivity contribution in [3.63, 3.8) is 0 Å². The number of benzene rings is 1. The van der Waals surface area contributed by atoms with Crippen molar-refractivity contribution in [2.24, 2.45) is 0 Å². The van der Waals surface area contributed by atoms with E-state index in [9.17, 15) is 4.79 Å². The average molecular weight is 259 g/mol. The molecule has 1 heterocycles. The molecule has 0 fully saturated rings. The summed E-state index contributed by atoms with van der Waals surface area (Å²) < 4.78 is 0. The van der Waals surface area contributed by atoms with Gasteiger partial charge in [0.25, 0.3) is 0 Å². The number of aromatic carboxylic acids is 1. The topological polar surface area (TPSA) is 95.3 Å². The van der Waals surface area contributed by atoms with Gasteiger partial charge in [0.1, 0.15) is 5.82 Å². The van der Waals surface area contributed by atoms with Crippen LogP contribution in [0.1, 0.15) is 21.6 Å². The van der Waals surface area contributed by atoms with E-state index in [4.69, 9.17) is 10.2 Å². The summed E-state index contributed by atoms with van der Waals surface area (Å²) in [6.45, 7) is 0.572. The first-order valence-electron chi connectivity index (χ1n) is 5.67. The number of nitrogens with one attached hydrogen (secondary N) is 1. The Morgan fingerprint density at radius 1 is 1.11 bits per heavy atom. The number of nitrogens with zero attached hydrogens (tertiary/aromatic N) is 2. The first-order chi connectivity index (χ1) is 9.19. The molecule has 0 aliphatic rings. The average Bonchev–Trinajstić information content (AvgIpc) is 2.46. The Bertz CT molecular complexity index is 552. The number of aromatic nitrogens is 2. The van der Waals surface area contributed by atoms with Gasteiger partial charge in [-0.15, -0.1) is 0 Å². The summed E-state index contributed by atoms with van der Waals surface area (Å²) in [6, 6.07) is 7.49. The molecule has 2 rings (SSSR count). The Balaban J connectivity index is 1.95. The molecule has 0 amide bonds. The van der Waals surface area contributed by atoms with E-state index in [2.05, 4.69) is 15.3 Å². The Kier molecular flexibility index (Phi) is 4.04. The number of carboxylic acids is 1. The van der Waals surface area contributed by atoms with Crippen LogP contribution >= 0.6 is 0 Å². The molecule has 0 bridgehead atoms. The molecule has 0 aliphatic heterocycles. The van der Waals surface area contributed by atoms with E-state index in [-0.39, 0.29) is 12.3 Å². The number of aliphatic hydroxyl groups excluding tert-OH is 1. The Labute approximate surface area is 109 Å². The zero-order chi connectivity index (χ0) is 13.7. The fourth-order valence-corrected chi connectivity index (χ4v) is 1.48. The second-order valence-electron chi connectivity index (χ2n) is 3.92. The van der Waals surface area contributed by atoms with Gasteiger partial charge in [-0.3, -0.25) is 0 Å². The summed E-state index contributed by atoms with van der Waals surface area (Å²) in [5.41, 5.74) is 1.80. The van der Waals surface area contributed by atoms with Crippen molar-refractivity contribution in [1.82, 2.24) is 9.97 Å². The molecule has 98 valence electrons. The number of carbonyl (C=O) groups is 1. The molecule has 6 heteroatoms. The van der Waals surface area contributed by atoms with Gasteiger partial charge in [-0.25, -0.2) is 14.8 Å². The van der Waals surface area contributed by atoms with Crippen molar-refractivity contribution >= 4 is 11.8 Å². The number of carboxylic acid groups (broad SMARTS) is 1. The lowest BCUT2D eigenvalue weighted by molar-refractivity contribution is 0.0690. The van der Waals surface area contributed by atoms with Crippen LogP contribution in [0.15, 0.2) is 36.7 Å². The van der Waals surface area contributed by atoms with Crippen LogP contribution in [0.25, 0.3) is 0 Å². The molecule has 0 saturated heterocycles. The van der Waals surface area contributed by atoms with Crippen molar-refractivity contribution in [1.29, 1.82) is 0 Å². The second-order valence-corrected chi connectivity index (χ2v) is 3.92. The van der Waals surface area contributed by atoms with Crippen molar-refractivity contribution < 1.29 is 15.0 Å². The molecule has 0 atom stereocenters. The highest BCUT2D eigenvalue weighted by Gasteiger charge is 2.04. The lowest BCUT2D eigenvalue weighted by Gasteiger charge is -2.06. The minimum Gasteiger partial charge on any atom is -0.476 e. The minimum absolute atomic E-state index is 0.0236. The highest BCUT2D eigenvalue weighted by molar-refractivity contribution is 5.84. The number of hydrogen-bond acceptors (Lipinski definition) is 5. The number of rotatable bonds is 5. The van der Waals surface area contributed by atoms with Gasteiger partial charge in [0.15, 0.2) is 5.69 Å². The third-order valence-corrected chi connectivity index (χ3v) is 2.55. The maximum absolute atomic E-state index is 10.6. The van der Waals surface area contributed by atoms with E-state index in [1.807, 2.05) is 24.3 Å². The van der Waals surface area contributed by atoms with Crippen molar-refractivity contribution in [3.05, 3.63) is 53.5 Å². The zero-order valence-corrected chi connectivity index (χ0v) is 10.1. The monoisotopic (exact) mass is 259 g/mol. The van der Waals surface area contributed by atoms with Crippen LogP contribution in [0.5, 0.6) is 0 Å². The van der Waals surface area contributed by atoms with Crippen LogP contribution in [0.2, 0.25) is 0 Å². The number of hydrogen-bond donors (Lipinski definition) is 3. The summed E-state index contributed by atoms with van der Waals surface area (Å²) in [5.74, 6) is -0.588. The number of aliphatic hydroxyl groups is 1. The van der Waals surface area contributed by atoms with Gasteiger partial charge in [0, 0.05) is 6.54 Å². The van der Waals surface area contributed by atoms with E-state index in [0.717, 1.165) is 11.1 Å². The van der Waals surface area contributed by atoms with Gasteiger partial charge in [-0.2, -0.15) is 0 Å². The van der Waals surface area contributed by atoms with Crippen molar-refractivity contribution in [3.8, 4) is 0 Å². The van der Waals surface area contributed by atoms with Gasteiger partial charge in [0.05, 0.1) is 19.0 Å². The van der Waals surface area contributed by atoms with Crippen molar-refractivity contribution in [2.45, 2.75) is 13.2 Å².